The van der Waals surface area contributed by atoms with Crippen LogP contribution in [0.15, 0.2) is 49.4 Å². The van der Waals surface area contributed by atoms with E-state index in [1.165, 1.54) is 36.8 Å². The maximum Gasteiger partial charge on any atom is 0.323 e. The third-order valence-electron chi connectivity index (χ3n) is 5.52. The number of likely N-dealkylation sites (tertiary alicyclic amines) is 1. The van der Waals surface area contributed by atoms with E-state index in [0.29, 0.717) is 36.2 Å². The van der Waals surface area contributed by atoms with Crippen LogP contribution in [0.1, 0.15) is 12.5 Å². The maximum atomic E-state index is 15.2. The molecule has 0 aliphatic carbocycles. The number of halogens is 2. The van der Waals surface area contributed by atoms with Crippen molar-refractivity contribution in [1.29, 1.82) is 0 Å². The first-order valence-corrected chi connectivity index (χ1v) is 10.7. The molecule has 1 atom stereocenters. The van der Waals surface area contributed by atoms with E-state index in [0.717, 1.165) is 0 Å². The molecule has 0 spiro atoms. The van der Waals surface area contributed by atoms with Crippen molar-refractivity contribution >= 4 is 34.4 Å². The monoisotopic (exact) mass is 480 g/mol. The minimum Gasteiger partial charge on any atom is -0.424 e. The molecule has 0 saturated carbocycles. The maximum absolute atomic E-state index is 15.2. The number of carbonyl (C=O) groups is 1. The van der Waals surface area contributed by atoms with Gasteiger partial charge in [0.1, 0.15) is 34.6 Å². The second-order valence-corrected chi connectivity index (χ2v) is 7.97. The number of carbonyl (C=O) groups excluding carboxylic acids is 1. The number of nitrogens with zero attached hydrogens (tertiary/aromatic N) is 7. The fraction of sp³-hybridized carbons (Fsp3) is 0.182. The molecule has 1 saturated heterocycles. The van der Waals surface area contributed by atoms with Crippen LogP contribution in [0.3, 0.4) is 0 Å². The zero-order chi connectivity index (χ0) is 23.8. The highest BCUT2D eigenvalue weighted by molar-refractivity contribution is 6.29. The van der Waals surface area contributed by atoms with Gasteiger partial charge >= 0.3 is 6.01 Å². The van der Waals surface area contributed by atoms with Gasteiger partial charge in [-0.15, -0.1) is 0 Å². The first-order chi connectivity index (χ1) is 16.4. The molecule has 1 amide bonds. The lowest BCUT2D eigenvalue weighted by Gasteiger charge is -2.14. The highest BCUT2D eigenvalue weighted by atomic mass is 35.5. The second kappa shape index (κ2) is 8.67. The van der Waals surface area contributed by atoms with E-state index >= 15 is 4.39 Å². The summed E-state index contributed by atoms with van der Waals surface area (Å²) >= 11 is 5.84. The summed E-state index contributed by atoms with van der Waals surface area (Å²) in [5.41, 5.74) is 7.10. The van der Waals surface area contributed by atoms with Crippen LogP contribution >= 0.6 is 11.6 Å². The van der Waals surface area contributed by atoms with E-state index in [1.54, 1.807) is 15.6 Å². The Balaban J connectivity index is 1.53. The molecule has 5 rings (SSSR count). The summed E-state index contributed by atoms with van der Waals surface area (Å²) in [4.78, 5) is 30.0. The van der Waals surface area contributed by atoms with Crippen molar-refractivity contribution in [2.75, 3.05) is 18.8 Å². The van der Waals surface area contributed by atoms with Gasteiger partial charge < -0.3 is 15.4 Å². The molecule has 172 valence electrons. The van der Waals surface area contributed by atoms with Crippen molar-refractivity contribution in [1.82, 2.24) is 34.6 Å². The Morgan fingerprint density at radius 1 is 1.29 bits per heavy atom. The number of hydrogen-bond acceptors (Lipinski definition) is 8. The summed E-state index contributed by atoms with van der Waals surface area (Å²) in [5, 5.41) is 5.29. The van der Waals surface area contributed by atoms with Crippen molar-refractivity contribution in [3.8, 4) is 23.0 Å². The van der Waals surface area contributed by atoms with Gasteiger partial charge in [0, 0.05) is 30.9 Å². The fourth-order valence-corrected chi connectivity index (χ4v) is 4.06. The molecule has 1 aliphatic rings. The van der Waals surface area contributed by atoms with E-state index < -0.39 is 5.82 Å². The van der Waals surface area contributed by atoms with E-state index in [9.17, 15) is 4.79 Å². The number of rotatable bonds is 5. The number of ether oxygens (including phenoxy) is 1. The van der Waals surface area contributed by atoms with E-state index in [2.05, 4.69) is 31.6 Å². The van der Waals surface area contributed by atoms with Crippen LogP contribution < -0.4 is 10.5 Å². The van der Waals surface area contributed by atoms with Crippen LogP contribution in [0.25, 0.3) is 22.3 Å². The smallest absolute Gasteiger partial charge is 0.323 e. The van der Waals surface area contributed by atoms with E-state index in [4.69, 9.17) is 22.1 Å². The zero-order valence-electron chi connectivity index (χ0n) is 17.7. The molecule has 34 heavy (non-hydrogen) atoms. The standard InChI is InChI=1S/C22H18ClFN8O2/c1-2-17(33)31-8-6-12(10-31)32-21-18(20(25)27-11-28-21)19(30-32)14-4-3-13(9-15(14)24)34-22-26-7-5-16(23)29-22/h2-5,7,9,11-12H,1,6,8,10H2,(H2,25,27,28). The zero-order valence-corrected chi connectivity index (χ0v) is 18.5. The molecule has 4 heterocycles. The molecule has 1 aromatic carbocycles. The van der Waals surface area contributed by atoms with Gasteiger partial charge in [-0.25, -0.2) is 24.0 Å². The lowest BCUT2D eigenvalue weighted by Crippen LogP contribution is -2.27. The van der Waals surface area contributed by atoms with Crippen molar-refractivity contribution in [3.63, 3.8) is 0 Å². The minimum atomic E-state index is -0.593. The van der Waals surface area contributed by atoms with Crippen LogP contribution in [-0.4, -0.2) is 53.6 Å². The SMILES string of the molecule is C=CC(=O)N1CCC(n2nc(-c3ccc(Oc4nccc(Cl)n4)cc3F)c3c(N)ncnc32)C1. The minimum absolute atomic E-state index is 0.00752. The fourth-order valence-electron chi connectivity index (χ4n) is 3.94. The average molecular weight is 481 g/mol. The Labute approximate surface area is 197 Å². The third kappa shape index (κ3) is 3.90. The lowest BCUT2D eigenvalue weighted by molar-refractivity contribution is -0.125. The molecule has 2 N–H and O–H groups in total. The molecule has 4 aromatic rings. The van der Waals surface area contributed by atoms with Gasteiger partial charge in [0.2, 0.25) is 5.91 Å². The number of aromatic nitrogens is 6. The summed E-state index contributed by atoms with van der Waals surface area (Å²) in [6.07, 6.45) is 4.71. The molecule has 0 radical (unpaired) electrons. The second-order valence-electron chi connectivity index (χ2n) is 7.59. The number of anilines is 1. The Morgan fingerprint density at radius 2 is 2.15 bits per heavy atom. The van der Waals surface area contributed by atoms with Gasteiger partial charge in [-0.1, -0.05) is 18.2 Å². The molecule has 12 heteroatoms. The lowest BCUT2D eigenvalue weighted by atomic mass is 10.1. The first-order valence-electron chi connectivity index (χ1n) is 10.3. The van der Waals surface area contributed by atoms with Gasteiger partial charge in [-0.05, 0) is 30.7 Å². The van der Waals surface area contributed by atoms with Gasteiger partial charge in [0.05, 0.1) is 11.4 Å². The highest BCUT2D eigenvalue weighted by Gasteiger charge is 2.30. The Kier molecular flexibility index (Phi) is 5.54. The van der Waals surface area contributed by atoms with Gasteiger partial charge in [0.25, 0.3) is 0 Å². The third-order valence-corrected chi connectivity index (χ3v) is 5.73. The molecular formula is C22H18ClFN8O2. The van der Waals surface area contributed by atoms with Crippen molar-refractivity contribution in [2.45, 2.75) is 12.5 Å². The number of fused-ring (bicyclic) bond motifs is 1. The Morgan fingerprint density at radius 3 is 2.91 bits per heavy atom. The van der Waals surface area contributed by atoms with E-state index in [1.807, 2.05) is 0 Å². The number of hydrogen-bond donors (Lipinski definition) is 1. The number of nitrogens with two attached hydrogens (primary N) is 1. The summed E-state index contributed by atoms with van der Waals surface area (Å²) in [7, 11) is 0. The molecule has 1 unspecified atom stereocenters. The molecule has 1 fully saturated rings. The van der Waals surface area contributed by atoms with Crippen LogP contribution in [0.5, 0.6) is 11.8 Å². The van der Waals surface area contributed by atoms with Crippen molar-refractivity contribution < 1.29 is 13.9 Å². The number of benzene rings is 1. The molecule has 0 bridgehead atoms. The van der Waals surface area contributed by atoms with Gasteiger partial charge in [0.15, 0.2) is 5.65 Å². The van der Waals surface area contributed by atoms with Crippen molar-refractivity contribution in [3.05, 3.63) is 60.4 Å². The van der Waals surface area contributed by atoms with Crippen LogP contribution in [0.2, 0.25) is 5.15 Å². The Hall–Kier alpha value is -4.12. The quantitative estimate of drug-likeness (QED) is 0.340. The predicted octanol–water partition coefficient (Wildman–Crippen LogP) is 3.41. The summed E-state index contributed by atoms with van der Waals surface area (Å²) in [6, 6.07) is 5.63. The predicted molar refractivity (Wildman–Crippen MR) is 123 cm³/mol. The molecule has 1 aliphatic heterocycles. The van der Waals surface area contributed by atoms with Gasteiger partial charge in [-0.3, -0.25) is 4.79 Å². The summed E-state index contributed by atoms with van der Waals surface area (Å²) in [6.45, 7) is 4.52. The molecule has 3 aromatic heterocycles. The topological polar surface area (TPSA) is 125 Å². The van der Waals surface area contributed by atoms with Crippen molar-refractivity contribution in [2.24, 2.45) is 0 Å². The highest BCUT2D eigenvalue weighted by Crippen LogP contribution is 2.36. The normalized spacial score (nSPS) is 15.6. The number of nitrogen functional groups attached to an aromatic ring is 1. The average Bonchev–Trinajstić information content (AvgIpc) is 3.45. The number of amides is 1. The summed E-state index contributed by atoms with van der Waals surface area (Å²) < 4.78 is 22.4. The largest absolute Gasteiger partial charge is 0.424 e. The van der Waals surface area contributed by atoms with Gasteiger partial charge in [-0.2, -0.15) is 10.1 Å². The van der Waals surface area contributed by atoms with Crippen LogP contribution in [0, 0.1) is 5.82 Å². The Bertz CT molecular complexity index is 1430. The first kappa shape index (κ1) is 21.7. The van der Waals surface area contributed by atoms with Crippen LogP contribution in [0.4, 0.5) is 10.2 Å². The molecule has 10 nitrogen and oxygen atoms in total. The van der Waals surface area contributed by atoms with Crippen LogP contribution in [-0.2, 0) is 4.79 Å². The van der Waals surface area contributed by atoms with E-state index in [-0.39, 0.29) is 40.2 Å². The molecular weight excluding hydrogens is 463 g/mol. The summed E-state index contributed by atoms with van der Waals surface area (Å²) in [5.74, 6) is -0.385.